The number of nitrogens with two attached hydrogens (primary N) is 1. The molecule has 0 aliphatic carbocycles. The molecule has 0 amide bonds. The van der Waals surface area contributed by atoms with Crippen molar-refractivity contribution < 1.29 is 4.39 Å². The van der Waals surface area contributed by atoms with Crippen LogP contribution in [0.3, 0.4) is 0 Å². The van der Waals surface area contributed by atoms with Crippen molar-refractivity contribution in [2.75, 3.05) is 5.43 Å². The molecule has 0 fully saturated rings. The standard InChI is InChI=1S/C12H12FN3S/c13-11-3-1-2-4-12(11)17-8-10-7-9(16-14)5-6-15-10/h1-7H,8,14H2,(H,15,16). The number of hydrazine groups is 1. The predicted molar refractivity (Wildman–Crippen MR) is 68.0 cm³/mol. The van der Waals surface area contributed by atoms with E-state index in [1.165, 1.54) is 17.8 Å². The van der Waals surface area contributed by atoms with Crippen LogP contribution in [0.1, 0.15) is 5.69 Å². The minimum Gasteiger partial charge on any atom is -0.324 e. The number of nitrogens with zero attached hydrogens (tertiary/aromatic N) is 1. The maximum absolute atomic E-state index is 13.4. The molecule has 5 heteroatoms. The summed E-state index contributed by atoms with van der Waals surface area (Å²) < 4.78 is 13.4. The fraction of sp³-hybridized carbons (Fsp3) is 0.0833. The lowest BCUT2D eigenvalue weighted by molar-refractivity contribution is 0.602. The van der Waals surface area contributed by atoms with Gasteiger partial charge in [0.1, 0.15) is 5.82 Å². The summed E-state index contributed by atoms with van der Waals surface area (Å²) in [5, 5.41) is 0. The summed E-state index contributed by atoms with van der Waals surface area (Å²) in [7, 11) is 0. The molecular weight excluding hydrogens is 237 g/mol. The lowest BCUT2D eigenvalue weighted by atomic mass is 10.3. The number of rotatable bonds is 4. The lowest BCUT2D eigenvalue weighted by Gasteiger charge is -2.04. The topological polar surface area (TPSA) is 50.9 Å². The summed E-state index contributed by atoms with van der Waals surface area (Å²) >= 11 is 1.41. The van der Waals surface area contributed by atoms with Crippen molar-refractivity contribution in [3.63, 3.8) is 0 Å². The molecule has 0 radical (unpaired) electrons. The number of hydrogen-bond donors (Lipinski definition) is 2. The molecule has 0 bridgehead atoms. The third kappa shape index (κ3) is 3.18. The SMILES string of the molecule is NNc1ccnc(CSc2ccccc2F)c1. The highest BCUT2D eigenvalue weighted by molar-refractivity contribution is 7.98. The van der Waals surface area contributed by atoms with Crippen molar-refractivity contribution >= 4 is 17.4 Å². The molecule has 1 aromatic heterocycles. The second-order valence-corrected chi connectivity index (χ2v) is 4.42. The quantitative estimate of drug-likeness (QED) is 0.497. The normalized spacial score (nSPS) is 10.2. The van der Waals surface area contributed by atoms with Gasteiger partial charge in [-0.2, -0.15) is 0 Å². The first-order chi connectivity index (χ1) is 8.29. The van der Waals surface area contributed by atoms with Gasteiger partial charge in [0.25, 0.3) is 0 Å². The van der Waals surface area contributed by atoms with Crippen molar-refractivity contribution in [3.05, 3.63) is 54.1 Å². The Morgan fingerprint density at radius 3 is 2.88 bits per heavy atom. The number of pyridine rings is 1. The van der Waals surface area contributed by atoms with E-state index in [1.54, 1.807) is 24.4 Å². The maximum atomic E-state index is 13.4. The van der Waals surface area contributed by atoms with E-state index in [-0.39, 0.29) is 5.82 Å². The molecule has 0 saturated heterocycles. The Bertz CT molecular complexity index is 505. The first-order valence-electron chi connectivity index (χ1n) is 5.08. The Morgan fingerprint density at radius 1 is 1.29 bits per heavy atom. The van der Waals surface area contributed by atoms with Crippen LogP contribution in [-0.2, 0) is 5.75 Å². The number of anilines is 1. The summed E-state index contributed by atoms with van der Waals surface area (Å²) in [6.07, 6.45) is 1.67. The van der Waals surface area contributed by atoms with Crippen molar-refractivity contribution in [2.24, 2.45) is 5.84 Å². The smallest absolute Gasteiger partial charge is 0.136 e. The summed E-state index contributed by atoms with van der Waals surface area (Å²) in [5.41, 5.74) is 4.20. The van der Waals surface area contributed by atoms with Gasteiger partial charge in [-0.15, -0.1) is 11.8 Å². The molecule has 2 aromatic rings. The Hall–Kier alpha value is -1.59. The van der Waals surface area contributed by atoms with Crippen LogP contribution >= 0.6 is 11.8 Å². The highest BCUT2D eigenvalue weighted by Gasteiger charge is 2.03. The van der Waals surface area contributed by atoms with Crippen LogP contribution in [0.25, 0.3) is 0 Å². The Morgan fingerprint density at radius 2 is 2.12 bits per heavy atom. The highest BCUT2D eigenvalue weighted by atomic mass is 32.2. The van der Waals surface area contributed by atoms with Gasteiger partial charge in [0.15, 0.2) is 0 Å². The second-order valence-electron chi connectivity index (χ2n) is 3.40. The number of nitrogen functional groups attached to an aromatic ring is 1. The molecule has 3 nitrogen and oxygen atoms in total. The molecule has 0 aliphatic rings. The average molecular weight is 249 g/mol. The molecule has 2 rings (SSSR count). The molecule has 0 unspecified atom stereocenters. The zero-order chi connectivity index (χ0) is 12.1. The van der Waals surface area contributed by atoms with Gasteiger partial charge in [-0.05, 0) is 24.3 Å². The fourth-order valence-electron chi connectivity index (χ4n) is 1.36. The number of aromatic nitrogens is 1. The first-order valence-corrected chi connectivity index (χ1v) is 6.07. The molecule has 1 aromatic carbocycles. The second kappa shape index (κ2) is 5.65. The molecule has 88 valence electrons. The van der Waals surface area contributed by atoms with Crippen LogP contribution < -0.4 is 11.3 Å². The van der Waals surface area contributed by atoms with Crippen molar-refractivity contribution in [3.8, 4) is 0 Å². The molecule has 3 N–H and O–H groups in total. The summed E-state index contributed by atoms with van der Waals surface area (Å²) in [6.45, 7) is 0. The van der Waals surface area contributed by atoms with E-state index in [1.807, 2.05) is 12.1 Å². The van der Waals surface area contributed by atoms with Gasteiger partial charge < -0.3 is 5.43 Å². The maximum Gasteiger partial charge on any atom is 0.136 e. The van der Waals surface area contributed by atoms with Crippen molar-refractivity contribution in [1.29, 1.82) is 0 Å². The van der Waals surface area contributed by atoms with E-state index in [9.17, 15) is 4.39 Å². The van der Waals surface area contributed by atoms with E-state index < -0.39 is 0 Å². The summed E-state index contributed by atoms with van der Waals surface area (Å²) in [5.74, 6) is 5.71. The number of nitrogens with one attached hydrogen (secondary N) is 1. The van der Waals surface area contributed by atoms with E-state index in [4.69, 9.17) is 5.84 Å². The lowest BCUT2D eigenvalue weighted by Crippen LogP contribution is -2.07. The van der Waals surface area contributed by atoms with E-state index in [0.717, 1.165) is 11.4 Å². The van der Waals surface area contributed by atoms with Crippen molar-refractivity contribution in [1.82, 2.24) is 4.98 Å². The van der Waals surface area contributed by atoms with E-state index >= 15 is 0 Å². The molecule has 0 aliphatic heterocycles. The predicted octanol–water partition coefficient (Wildman–Crippen LogP) is 2.80. The van der Waals surface area contributed by atoms with E-state index in [2.05, 4.69) is 10.4 Å². The average Bonchev–Trinajstić information content (AvgIpc) is 2.38. The molecule has 0 saturated carbocycles. The minimum absolute atomic E-state index is 0.203. The minimum atomic E-state index is -0.203. The van der Waals surface area contributed by atoms with Gasteiger partial charge in [0, 0.05) is 16.8 Å². The van der Waals surface area contributed by atoms with Gasteiger partial charge in [-0.1, -0.05) is 12.1 Å². The zero-order valence-electron chi connectivity index (χ0n) is 9.06. The Kier molecular flexibility index (Phi) is 3.95. The number of benzene rings is 1. The van der Waals surface area contributed by atoms with Gasteiger partial charge in [-0.3, -0.25) is 10.8 Å². The summed E-state index contributed by atoms with van der Waals surface area (Å²) in [4.78, 5) is 4.82. The van der Waals surface area contributed by atoms with Gasteiger partial charge in [0.05, 0.1) is 11.4 Å². The number of halogens is 1. The fourth-order valence-corrected chi connectivity index (χ4v) is 2.20. The Balaban J connectivity index is 2.05. The molecule has 17 heavy (non-hydrogen) atoms. The number of thioether (sulfide) groups is 1. The monoisotopic (exact) mass is 249 g/mol. The van der Waals surface area contributed by atoms with Crippen LogP contribution in [0, 0.1) is 5.82 Å². The third-order valence-corrected chi connectivity index (χ3v) is 3.28. The van der Waals surface area contributed by atoms with Gasteiger partial charge >= 0.3 is 0 Å². The first kappa shape index (κ1) is 11.9. The van der Waals surface area contributed by atoms with Crippen LogP contribution in [0.5, 0.6) is 0 Å². The van der Waals surface area contributed by atoms with Crippen LogP contribution in [0.2, 0.25) is 0 Å². The van der Waals surface area contributed by atoms with E-state index in [0.29, 0.717) is 10.6 Å². The highest BCUT2D eigenvalue weighted by Crippen LogP contribution is 2.24. The largest absolute Gasteiger partial charge is 0.324 e. The number of hydrogen-bond acceptors (Lipinski definition) is 4. The summed E-state index contributed by atoms with van der Waals surface area (Å²) in [6, 6.07) is 10.3. The van der Waals surface area contributed by atoms with Crippen LogP contribution in [0.4, 0.5) is 10.1 Å². The van der Waals surface area contributed by atoms with Crippen molar-refractivity contribution in [2.45, 2.75) is 10.6 Å². The van der Waals surface area contributed by atoms with Crippen LogP contribution in [-0.4, -0.2) is 4.98 Å². The zero-order valence-corrected chi connectivity index (χ0v) is 9.88. The molecular formula is C12H12FN3S. The van der Waals surface area contributed by atoms with Gasteiger partial charge in [0.2, 0.25) is 0 Å². The van der Waals surface area contributed by atoms with Gasteiger partial charge in [-0.25, -0.2) is 4.39 Å². The Labute approximate surface area is 103 Å². The molecule has 0 atom stereocenters. The molecule has 0 spiro atoms. The third-order valence-electron chi connectivity index (χ3n) is 2.20. The molecule has 1 heterocycles. The van der Waals surface area contributed by atoms with Crippen LogP contribution in [0.15, 0.2) is 47.5 Å².